The first-order valence-electron chi connectivity index (χ1n) is 10.5. The average molecular weight is 483 g/mol. The van der Waals surface area contributed by atoms with Crippen LogP contribution in [-0.4, -0.2) is 41.3 Å². The molecule has 1 fully saturated rings. The lowest BCUT2D eigenvalue weighted by Crippen LogP contribution is -2.45. The Kier molecular flexibility index (Phi) is 7.58. The van der Waals surface area contributed by atoms with Crippen molar-refractivity contribution in [2.75, 3.05) is 13.2 Å². The molecule has 34 heavy (non-hydrogen) atoms. The standard InChI is InChI=1S/C24H22F5NO4/c25-23(26,18-3-1-4-19(15-18)24(27,28)29)12-2-5-20-11-14-34-22(33)30(20)13-10-16-6-8-17(9-7-16)21(31)32/h1-9,15,20H,10-14H2,(H,31,32)/b5-2+/t20-/m0/s1. The summed E-state index contributed by atoms with van der Waals surface area (Å²) < 4.78 is 72.7. The molecule has 1 heterocycles. The number of rotatable bonds is 8. The van der Waals surface area contributed by atoms with E-state index in [2.05, 4.69) is 0 Å². The van der Waals surface area contributed by atoms with Crippen molar-refractivity contribution in [3.63, 3.8) is 0 Å². The van der Waals surface area contributed by atoms with Crippen molar-refractivity contribution in [2.24, 2.45) is 0 Å². The maximum absolute atomic E-state index is 14.5. The normalized spacial score (nSPS) is 17.1. The molecule has 0 spiro atoms. The lowest BCUT2D eigenvalue weighted by molar-refractivity contribution is -0.137. The number of hydrogen-bond acceptors (Lipinski definition) is 3. The highest BCUT2D eigenvalue weighted by molar-refractivity contribution is 5.87. The average Bonchev–Trinajstić information content (AvgIpc) is 2.78. The van der Waals surface area contributed by atoms with Crippen LogP contribution in [0.3, 0.4) is 0 Å². The first-order valence-corrected chi connectivity index (χ1v) is 10.5. The summed E-state index contributed by atoms with van der Waals surface area (Å²) >= 11 is 0. The molecule has 2 aromatic carbocycles. The van der Waals surface area contributed by atoms with Crippen LogP contribution in [0, 0.1) is 0 Å². The zero-order valence-corrected chi connectivity index (χ0v) is 17.9. The second kappa shape index (κ2) is 10.2. The third kappa shape index (κ3) is 6.33. The molecule has 2 aromatic rings. The van der Waals surface area contributed by atoms with Crippen molar-refractivity contribution in [1.82, 2.24) is 4.90 Å². The third-order valence-electron chi connectivity index (χ3n) is 5.46. The number of alkyl halides is 5. The van der Waals surface area contributed by atoms with Gasteiger partial charge in [0.1, 0.15) is 0 Å². The number of halogens is 5. The molecule has 1 aliphatic heterocycles. The van der Waals surface area contributed by atoms with Gasteiger partial charge in [-0.15, -0.1) is 0 Å². The summed E-state index contributed by atoms with van der Waals surface area (Å²) in [4.78, 5) is 24.5. The van der Waals surface area contributed by atoms with E-state index in [-0.39, 0.29) is 18.7 Å². The minimum atomic E-state index is -4.72. The van der Waals surface area contributed by atoms with Gasteiger partial charge < -0.3 is 14.7 Å². The minimum absolute atomic E-state index is 0.113. The van der Waals surface area contributed by atoms with E-state index in [1.54, 1.807) is 12.1 Å². The van der Waals surface area contributed by atoms with E-state index in [1.165, 1.54) is 23.1 Å². The number of cyclic esters (lactones) is 1. The number of carbonyl (C=O) groups excluding carboxylic acids is 1. The number of hydrogen-bond donors (Lipinski definition) is 1. The van der Waals surface area contributed by atoms with Gasteiger partial charge in [-0.3, -0.25) is 0 Å². The molecule has 0 saturated carbocycles. The maximum Gasteiger partial charge on any atom is 0.416 e. The summed E-state index contributed by atoms with van der Waals surface area (Å²) in [7, 11) is 0. The summed E-state index contributed by atoms with van der Waals surface area (Å²) in [6.07, 6.45) is -2.79. The molecule has 0 unspecified atom stereocenters. The van der Waals surface area contributed by atoms with Crippen molar-refractivity contribution >= 4 is 12.1 Å². The number of aromatic carboxylic acids is 1. The van der Waals surface area contributed by atoms with Gasteiger partial charge in [0.05, 0.1) is 23.8 Å². The summed E-state index contributed by atoms with van der Waals surface area (Å²) in [6.45, 7) is 0.325. The summed E-state index contributed by atoms with van der Waals surface area (Å²) in [6, 6.07) is 8.68. The van der Waals surface area contributed by atoms with Crippen LogP contribution in [0.25, 0.3) is 0 Å². The Bertz CT molecular complexity index is 1050. The predicted molar refractivity (Wildman–Crippen MR) is 113 cm³/mol. The molecule has 1 atom stereocenters. The van der Waals surface area contributed by atoms with Crippen LogP contribution in [0.15, 0.2) is 60.7 Å². The Morgan fingerprint density at radius 3 is 2.41 bits per heavy atom. The molecule has 1 amide bonds. The summed E-state index contributed by atoms with van der Waals surface area (Å²) in [5, 5.41) is 8.96. The Hall–Kier alpha value is -3.43. The molecule has 1 aliphatic rings. The summed E-state index contributed by atoms with van der Waals surface area (Å²) in [5.41, 5.74) is -0.978. The van der Waals surface area contributed by atoms with Gasteiger partial charge in [0, 0.05) is 24.9 Å². The van der Waals surface area contributed by atoms with Crippen molar-refractivity contribution in [3.8, 4) is 0 Å². The van der Waals surface area contributed by atoms with Gasteiger partial charge in [0.15, 0.2) is 0 Å². The van der Waals surface area contributed by atoms with Crippen LogP contribution in [-0.2, 0) is 23.3 Å². The molecule has 10 heteroatoms. The highest BCUT2D eigenvalue weighted by Crippen LogP contribution is 2.36. The smallest absolute Gasteiger partial charge is 0.416 e. The van der Waals surface area contributed by atoms with Crippen molar-refractivity contribution in [2.45, 2.75) is 37.4 Å². The minimum Gasteiger partial charge on any atom is -0.478 e. The monoisotopic (exact) mass is 483 g/mol. The summed E-state index contributed by atoms with van der Waals surface area (Å²) in [5.74, 6) is -4.58. The Labute approximate surface area is 192 Å². The van der Waals surface area contributed by atoms with Crippen LogP contribution in [0.5, 0.6) is 0 Å². The van der Waals surface area contributed by atoms with Crippen LogP contribution >= 0.6 is 0 Å². The van der Waals surface area contributed by atoms with E-state index >= 15 is 0 Å². The fourth-order valence-corrected chi connectivity index (χ4v) is 3.58. The molecule has 182 valence electrons. The molecule has 0 bridgehead atoms. The van der Waals surface area contributed by atoms with Gasteiger partial charge in [-0.2, -0.15) is 13.2 Å². The van der Waals surface area contributed by atoms with Gasteiger partial charge in [-0.25, -0.2) is 18.4 Å². The van der Waals surface area contributed by atoms with Crippen LogP contribution in [0.4, 0.5) is 26.7 Å². The lowest BCUT2D eigenvalue weighted by atomic mass is 10.0. The van der Waals surface area contributed by atoms with Gasteiger partial charge in [-0.05, 0) is 36.2 Å². The predicted octanol–water partition coefficient (Wildman–Crippen LogP) is 5.90. The van der Waals surface area contributed by atoms with E-state index in [0.29, 0.717) is 18.9 Å². The van der Waals surface area contributed by atoms with Crippen molar-refractivity contribution < 1.29 is 41.4 Å². The second-order valence-corrected chi connectivity index (χ2v) is 7.83. The fraction of sp³-hybridized carbons (Fsp3) is 0.333. The van der Waals surface area contributed by atoms with E-state index in [0.717, 1.165) is 29.8 Å². The van der Waals surface area contributed by atoms with E-state index < -0.39 is 47.8 Å². The zero-order chi connectivity index (χ0) is 24.9. The Morgan fingerprint density at radius 1 is 1.09 bits per heavy atom. The number of carbonyl (C=O) groups is 2. The highest BCUT2D eigenvalue weighted by atomic mass is 19.4. The van der Waals surface area contributed by atoms with Gasteiger partial charge in [0.2, 0.25) is 0 Å². The molecule has 0 radical (unpaired) electrons. The fourth-order valence-electron chi connectivity index (χ4n) is 3.58. The van der Waals surface area contributed by atoms with E-state index in [9.17, 15) is 31.5 Å². The van der Waals surface area contributed by atoms with E-state index in [4.69, 9.17) is 9.84 Å². The number of allylic oxidation sites excluding steroid dienone is 1. The quantitative estimate of drug-likeness (QED) is 0.375. The molecule has 3 rings (SSSR count). The van der Waals surface area contributed by atoms with Crippen LogP contribution in [0.1, 0.15) is 39.9 Å². The van der Waals surface area contributed by atoms with Gasteiger partial charge in [0.25, 0.3) is 5.92 Å². The molecular formula is C24H22F5NO4. The molecular weight excluding hydrogens is 461 g/mol. The maximum atomic E-state index is 14.5. The van der Waals surface area contributed by atoms with Crippen LogP contribution in [0.2, 0.25) is 0 Å². The van der Waals surface area contributed by atoms with Gasteiger partial charge >= 0.3 is 18.2 Å². The molecule has 0 aromatic heterocycles. The topological polar surface area (TPSA) is 66.8 Å². The lowest BCUT2D eigenvalue weighted by Gasteiger charge is -2.33. The molecule has 0 aliphatic carbocycles. The van der Waals surface area contributed by atoms with Gasteiger partial charge in [-0.1, -0.05) is 36.4 Å². The Morgan fingerprint density at radius 2 is 1.76 bits per heavy atom. The number of amides is 1. The number of nitrogens with zero attached hydrogens (tertiary/aromatic N) is 1. The molecule has 1 N–H and O–H groups in total. The molecule has 1 saturated heterocycles. The molecule has 5 nitrogen and oxygen atoms in total. The third-order valence-corrected chi connectivity index (χ3v) is 5.46. The number of carboxylic acid groups (broad SMARTS) is 1. The Balaban J connectivity index is 1.65. The second-order valence-electron chi connectivity index (χ2n) is 7.83. The zero-order valence-electron chi connectivity index (χ0n) is 17.9. The highest BCUT2D eigenvalue weighted by Gasteiger charge is 2.35. The largest absolute Gasteiger partial charge is 0.478 e. The number of benzene rings is 2. The first-order chi connectivity index (χ1) is 16.0. The van der Waals surface area contributed by atoms with E-state index in [1.807, 2.05) is 0 Å². The number of carboxylic acids is 1. The SMILES string of the molecule is O=C(O)c1ccc(CCN2C(=O)OCC[C@@H]2/C=C/CC(F)(F)c2cccc(C(F)(F)F)c2)cc1. The van der Waals surface area contributed by atoms with Crippen molar-refractivity contribution in [3.05, 3.63) is 82.9 Å². The number of ether oxygens (including phenoxy) is 1. The first kappa shape index (κ1) is 25.2. The van der Waals surface area contributed by atoms with Crippen molar-refractivity contribution in [1.29, 1.82) is 0 Å². The van der Waals surface area contributed by atoms with Crippen LogP contribution < -0.4 is 0 Å².